The number of carbonyl (C=O) groups is 2. The Labute approximate surface area is 98.5 Å². The lowest BCUT2D eigenvalue weighted by atomic mass is 10.1. The van der Waals surface area contributed by atoms with Crippen LogP contribution in [-0.4, -0.2) is 32.8 Å². The zero-order chi connectivity index (χ0) is 12.3. The number of imide groups is 1. The van der Waals surface area contributed by atoms with Crippen molar-refractivity contribution in [2.24, 2.45) is 0 Å². The van der Waals surface area contributed by atoms with Crippen molar-refractivity contribution in [3.63, 3.8) is 0 Å². The molecule has 0 aromatic carbocycles. The molecule has 0 aliphatic carbocycles. The molecule has 0 radical (unpaired) electrons. The van der Waals surface area contributed by atoms with Gasteiger partial charge in [-0.25, -0.2) is 9.55 Å². The van der Waals surface area contributed by atoms with E-state index >= 15 is 0 Å². The maximum absolute atomic E-state index is 11.5. The van der Waals surface area contributed by atoms with Crippen molar-refractivity contribution in [3.05, 3.63) is 18.2 Å². The number of hydrogen-bond acceptors (Lipinski definition) is 4. The number of nitriles is 1. The van der Waals surface area contributed by atoms with Crippen molar-refractivity contribution in [3.8, 4) is 6.19 Å². The SMILES string of the molecule is N#Cn1cnc(CCN2C(=O)CCCC2=O)c1. The second kappa shape index (κ2) is 4.78. The van der Waals surface area contributed by atoms with E-state index in [1.807, 2.05) is 6.19 Å². The van der Waals surface area contributed by atoms with Gasteiger partial charge in [-0.3, -0.25) is 14.5 Å². The topological polar surface area (TPSA) is 79.0 Å². The first-order valence-electron chi connectivity index (χ1n) is 5.47. The molecular weight excluding hydrogens is 220 g/mol. The van der Waals surface area contributed by atoms with E-state index in [1.165, 1.54) is 15.8 Å². The first kappa shape index (κ1) is 11.3. The van der Waals surface area contributed by atoms with Crippen molar-refractivity contribution in [2.45, 2.75) is 25.7 Å². The fourth-order valence-electron chi connectivity index (χ4n) is 1.82. The van der Waals surface area contributed by atoms with Crippen LogP contribution in [0.15, 0.2) is 12.5 Å². The second-order valence-corrected chi connectivity index (χ2v) is 3.91. The molecular formula is C11H12N4O2. The molecule has 0 bridgehead atoms. The lowest BCUT2D eigenvalue weighted by Gasteiger charge is -2.24. The molecule has 1 saturated heterocycles. The van der Waals surface area contributed by atoms with Gasteiger partial charge in [-0.05, 0) is 6.42 Å². The van der Waals surface area contributed by atoms with Gasteiger partial charge in [-0.1, -0.05) is 0 Å². The largest absolute Gasteiger partial charge is 0.282 e. The summed E-state index contributed by atoms with van der Waals surface area (Å²) in [7, 11) is 0. The molecule has 0 unspecified atom stereocenters. The molecule has 1 aromatic heterocycles. The average Bonchev–Trinajstić information content (AvgIpc) is 2.76. The monoisotopic (exact) mass is 232 g/mol. The number of piperidine rings is 1. The van der Waals surface area contributed by atoms with E-state index in [4.69, 9.17) is 5.26 Å². The lowest BCUT2D eigenvalue weighted by Crippen LogP contribution is -2.41. The van der Waals surface area contributed by atoms with E-state index in [0.29, 0.717) is 37.9 Å². The molecule has 0 spiro atoms. The van der Waals surface area contributed by atoms with Crippen LogP contribution in [0.25, 0.3) is 0 Å². The van der Waals surface area contributed by atoms with Gasteiger partial charge >= 0.3 is 0 Å². The van der Waals surface area contributed by atoms with E-state index in [9.17, 15) is 9.59 Å². The molecule has 1 aliphatic rings. The van der Waals surface area contributed by atoms with Gasteiger partial charge in [-0.2, -0.15) is 5.26 Å². The Morgan fingerprint density at radius 3 is 2.65 bits per heavy atom. The Morgan fingerprint density at radius 1 is 1.35 bits per heavy atom. The van der Waals surface area contributed by atoms with Crippen molar-refractivity contribution < 1.29 is 9.59 Å². The Bertz CT molecular complexity index is 470. The molecule has 2 heterocycles. The van der Waals surface area contributed by atoms with Crippen LogP contribution in [-0.2, 0) is 16.0 Å². The number of rotatable bonds is 3. The Kier molecular flexibility index (Phi) is 3.19. The van der Waals surface area contributed by atoms with Crippen LogP contribution in [0.4, 0.5) is 0 Å². The Balaban J connectivity index is 1.95. The summed E-state index contributed by atoms with van der Waals surface area (Å²) in [5.41, 5.74) is 0.706. The smallest absolute Gasteiger partial charge is 0.229 e. The Hall–Kier alpha value is -2.16. The average molecular weight is 232 g/mol. The minimum Gasteiger partial charge on any atom is -0.282 e. The minimum absolute atomic E-state index is 0.110. The van der Waals surface area contributed by atoms with Crippen LogP contribution in [0.2, 0.25) is 0 Å². The van der Waals surface area contributed by atoms with E-state index in [0.717, 1.165) is 0 Å². The normalized spacial score (nSPS) is 16.1. The van der Waals surface area contributed by atoms with Crippen molar-refractivity contribution in [1.29, 1.82) is 5.26 Å². The molecule has 88 valence electrons. The van der Waals surface area contributed by atoms with E-state index in [-0.39, 0.29) is 11.8 Å². The molecule has 1 fully saturated rings. The Morgan fingerprint density at radius 2 is 2.06 bits per heavy atom. The van der Waals surface area contributed by atoms with Crippen molar-refractivity contribution >= 4 is 11.8 Å². The highest BCUT2D eigenvalue weighted by molar-refractivity contribution is 5.97. The number of carbonyl (C=O) groups excluding carboxylic acids is 2. The van der Waals surface area contributed by atoms with Gasteiger partial charge < -0.3 is 0 Å². The van der Waals surface area contributed by atoms with Crippen LogP contribution in [0, 0.1) is 11.5 Å². The van der Waals surface area contributed by atoms with Crippen LogP contribution < -0.4 is 0 Å². The number of aromatic nitrogens is 2. The molecule has 0 atom stereocenters. The molecule has 0 saturated carbocycles. The summed E-state index contributed by atoms with van der Waals surface area (Å²) in [5, 5.41) is 8.61. The van der Waals surface area contributed by atoms with Crippen molar-refractivity contribution in [2.75, 3.05) is 6.54 Å². The first-order valence-corrected chi connectivity index (χ1v) is 5.47. The minimum atomic E-state index is -0.110. The van der Waals surface area contributed by atoms with Crippen LogP contribution >= 0.6 is 0 Å². The van der Waals surface area contributed by atoms with Gasteiger partial charge in [0, 0.05) is 32.0 Å². The summed E-state index contributed by atoms with van der Waals surface area (Å²) < 4.78 is 1.29. The number of amides is 2. The third-order valence-electron chi connectivity index (χ3n) is 2.73. The van der Waals surface area contributed by atoms with E-state index in [1.54, 1.807) is 6.20 Å². The molecule has 0 N–H and O–H groups in total. The number of likely N-dealkylation sites (tertiary alicyclic amines) is 1. The predicted molar refractivity (Wildman–Crippen MR) is 57.5 cm³/mol. The molecule has 2 amide bonds. The standard InChI is InChI=1S/C11H12N4O2/c12-7-14-6-9(13-8-14)4-5-15-10(16)2-1-3-11(15)17/h6,8H,1-5H2. The third kappa shape index (κ3) is 2.50. The maximum atomic E-state index is 11.5. The summed E-state index contributed by atoms with van der Waals surface area (Å²) in [6.07, 6.45) is 6.95. The lowest BCUT2D eigenvalue weighted by molar-refractivity contribution is -0.147. The first-order chi connectivity index (χ1) is 8.20. The van der Waals surface area contributed by atoms with Gasteiger partial charge in [0.05, 0.1) is 5.69 Å². The van der Waals surface area contributed by atoms with Gasteiger partial charge in [0.1, 0.15) is 6.33 Å². The summed E-state index contributed by atoms with van der Waals surface area (Å²) in [4.78, 5) is 28.3. The molecule has 6 heteroatoms. The van der Waals surface area contributed by atoms with Gasteiger partial charge in [0.15, 0.2) is 6.19 Å². The van der Waals surface area contributed by atoms with E-state index < -0.39 is 0 Å². The van der Waals surface area contributed by atoms with Gasteiger partial charge in [0.25, 0.3) is 0 Å². The fraction of sp³-hybridized carbons (Fsp3) is 0.455. The summed E-state index contributed by atoms with van der Waals surface area (Å²) >= 11 is 0. The molecule has 1 aliphatic heterocycles. The zero-order valence-corrected chi connectivity index (χ0v) is 9.30. The molecule has 2 rings (SSSR count). The van der Waals surface area contributed by atoms with Crippen molar-refractivity contribution in [1.82, 2.24) is 14.5 Å². The summed E-state index contributed by atoms with van der Waals surface area (Å²) in [5.74, 6) is -0.220. The molecule has 1 aromatic rings. The fourth-order valence-corrected chi connectivity index (χ4v) is 1.82. The molecule has 6 nitrogen and oxygen atoms in total. The highest BCUT2D eigenvalue weighted by atomic mass is 16.2. The van der Waals surface area contributed by atoms with Gasteiger partial charge in [-0.15, -0.1) is 0 Å². The van der Waals surface area contributed by atoms with Crippen LogP contribution in [0.5, 0.6) is 0 Å². The second-order valence-electron chi connectivity index (χ2n) is 3.91. The predicted octanol–water partition coefficient (Wildman–Crippen LogP) is 0.294. The summed E-state index contributed by atoms with van der Waals surface area (Å²) in [6, 6.07) is 0. The maximum Gasteiger partial charge on any atom is 0.229 e. The number of hydrogen-bond donors (Lipinski definition) is 0. The van der Waals surface area contributed by atoms with Crippen LogP contribution in [0.1, 0.15) is 25.0 Å². The van der Waals surface area contributed by atoms with E-state index in [2.05, 4.69) is 4.98 Å². The third-order valence-corrected chi connectivity index (χ3v) is 2.73. The quantitative estimate of drug-likeness (QED) is 0.702. The van der Waals surface area contributed by atoms with Gasteiger partial charge in [0.2, 0.25) is 11.8 Å². The number of imidazole rings is 1. The van der Waals surface area contributed by atoms with Crippen LogP contribution in [0.3, 0.4) is 0 Å². The highest BCUT2D eigenvalue weighted by Gasteiger charge is 2.25. The zero-order valence-electron chi connectivity index (χ0n) is 9.30. The highest BCUT2D eigenvalue weighted by Crippen LogP contribution is 2.12. The number of nitrogens with zero attached hydrogens (tertiary/aromatic N) is 4. The summed E-state index contributed by atoms with van der Waals surface area (Å²) in [6.45, 7) is 0.347. The molecule has 17 heavy (non-hydrogen) atoms.